The molecule has 0 bridgehead atoms. The van der Waals surface area contributed by atoms with Crippen LogP contribution in [0.15, 0.2) is 78.7 Å². The van der Waals surface area contributed by atoms with Crippen molar-refractivity contribution in [2.45, 2.75) is 104 Å². The number of nitrogens with zero attached hydrogens (tertiary/aromatic N) is 10. The van der Waals surface area contributed by atoms with E-state index in [0.29, 0.717) is 85.6 Å². The number of methoxy groups -OCH3 is 1. The summed E-state index contributed by atoms with van der Waals surface area (Å²) >= 11 is 1.57. The number of ether oxygens (including phenoxy) is 1. The van der Waals surface area contributed by atoms with Gasteiger partial charge in [0.1, 0.15) is 24.2 Å². The van der Waals surface area contributed by atoms with Gasteiger partial charge in [-0.15, -0.1) is 21.5 Å². The van der Waals surface area contributed by atoms with Crippen molar-refractivity contribution in [3.05, 3.63) is 95.6 Å². The van der Waals surface area contributed by atoms with Gasteiger partial charge in [0.2, 0.25) is 23.6 Å². The number of aliphatic hydroxyl groups is 1. The molecule has 6 heterocycles. The van der Waals surface area contributed by atoms with Gasteiger partial charge in [0, 0.05) is 72.1 Å². The van der Waals surface area contributed by atoms with Crippen LogP contribution in [0.3, 0.4) is 0 Å². The number of likely N-dealkylation sites (tertiary alicyclic amines) is 1. The van der Waals surface area contributed by atoms with Crippen molar-refractivity contribution in [1.82, 2.24) is 60.7 Å². The minimum Gasteiger partial charge on any atom is -0.494 e. The highest BCUT2D eigenvalue weighted by Crippen LogP contribution is 2.38. The number of pyridine rings is 1. The number of carbonyl (C=O) groups excluding carboxylic acids is 5. The summed E-state index contributed by atoms with van der Waals surface area (Å²) in [6, 6.07) is 16.7. The third-order valence-corrected chi connectivity index (χ3v) is 15.1. The number of hydrogen-bond acceptors (Lipinski definition) is 17. The smallest absolute Gasteiger partial charge is 0.273 e. The fourth-order valence-corrected chi connectivity index (χ4v) is 10.6. The fraction of sp³-hybridized carbons (Fsp3) is 0.446. The second-order valence-corrected chi connectivity index (χ2v) is 21.9. The Labute approximate surface area is 464 Å². The SMILES string of the molecule is CNC(=O)c1nnc(Nc2ccc(N3CCN(C(=O)CCCCCCC(=O)NC(C(=O)N4C[C@H](O)C[C@H]4C(=O)N[C@@H](C)c4ccc(-c5scnc5C)cc4)C(C)(C)C)CC3)cn2)cc1Nc1cccc(-c2ncn(C)n2)c1OC. The van der Waals surface area contributed by atoms with Gasteiger partial charge in [-0.25, -0.2) is 15.0 Å². The Morgan fingerprint density at radius 1 is 0.861 bits per heavy atom. The molecule has 2 saturated heterocycles. The number of para-hydroxylation sites is 1. The summed E-state index contributed by atoms with van der Waals surface area (Å²) in [6.07, 6.45) is 6.02. The molecule has 8 rings (SSSR count). The number of hydrogen-bond donors (Lipinski definition) is 6. The van der Waals surface area contributed by atoms with Crippen molar-refractivity contribution in [2.24, 2.45) is 12.5 Å². The van der Waals surface area contributed by atoms with Crippen molar-refractivity contribution < 1.29 is 33.8 Å². The molecular weight excluding hydrogens is 1030 g/mol. The highest BCUT2D eigenvalue weighted by molar-refractivity contribution is 7.13. The van der Waals surface area contributed by atoms with E-state index in [-0.39, 0.29) is 48.8 Å². The average molecular weight is 1100 g/mol. The number of aromatic nitrogens is 7. The summed E-state index contributed by atoms with van der Waals surface area (Å²) in [5.41, 5.74) is 6.63. The van der Waals surface area contributed by atoms with Crippen LogP contribution in [0, 0.1) is 12.3 Å². The summed E-state index contributed by atoms with van der Waals surface area (Å²) < 4.78 is 7.37. The maximum Gasteiger partial charge on any atom is 0.273 e. The van der Waals surface area contributed by atoms with Gasteiger partial charge in [-0.1, -0.05) is 63.9 Å². The summed E-state index contributed by atoms with van der Waals surface area (Å²) in [7, 11) is 4.85. The minimum absolute atomic E-state index is 0.00533. The van der Waals surface area contributed by atoms with E-state index >= 15 is 0 Å². The molecule has 0 radical (unpaired) electrons. The predicted molar refractivity (Wildman–Crippen MR) is 302 cm³/mol. The van der Waals surface area contributed by atoms with E-state index < -0.39 is 35.4 Å². The van der Waals surface area contributed by atoms with Gasteiger partial charge in [0.25, 0.3) is 5.91 Å². The molecule has 1 unspecified atom stereocenters. The lowest BCUT2D eigenvalue weighted by molar-refractivity contribution is -0.144. The van der Waals surface area contributed by atoms with E-state index in [1.54, 1.807) is 48.8 Å². The van der Waals surface area contributed by atoms with Crippen molar-refractivity contribution in [2.75, 3.05) is 62.4 Å². The molecule has 22 nitrogen and oxygen atoms in total. The van der Waals surface area contributed by atoms with Gasteiger partial charge < -0.3 is 51.1 Å². The Morgan fingerprint density at radius 2 is 1.61 bits per heavy atom. The van der Waals surface area contributed by atoms with E-state index in [4.69, 9.17) is 4.74 Å². The number of piperazine rings is 1. The number of amides is 5. The zero-order valence-corrected chi connectivity index (χ0v) is 46.9. The molecule has 0 aliphatic carbocycles. The summed E-state index contributed by atoms with van der Waals surface area (Å²) in [5.74, 6) is 0.458. The first-order chi connectivity index (χ1) is 37.9. The molecule has 4 atom stereocenters. The topological polar surface area (TPSA) is 267 Å². The van der Waals surface area contributed by atoms with Crippen LogP contribution in [-0.2, 0) is 26.2 Å². The first-order valence-electron chi connectivity index (χ1n) is 26.6. The molecule has 23 heteroatoms. The summed E-state index contributed by atoms with van der Waals surface area (Å²) in [6.45, 7) is 11.9. The third kappa shape index (κ3) is 14.2. The highest BCUT2D eigenvalue weighted by atomic mass is 32.1. The zero-order valence-electron chi connectivity index (χ0n) is 46.1. The van der Waals surface area contributed by atoms with Crippen LogP contribution in [0.2, 0.25) is 0 Å². The van der Waals surface area contributed by atoms with Crippen LogP contribution in [0.25, 0.3) is 21.8 Å². The second kappa shape index (κ2) is 25.6. The maximum atomic E-state index is 14.2. The molecule has 2 aliphatic heterocycles. The molecule has 79 heavy (non-hydrogen) atoms. The quantitative estimate of drug-likeness (QED) is 0.0431. The molecule has 418 valence electrons. The maximum absolute atomic E-state index is 14.2. The number of unbranched alkanes of at least 4 members (excludes halogenated alkanes) is 3. The summed E-state index contributed by atoms with van der Waals surface area (Å²) in [4.78, 5) is 87.2. The first kappa shape index (κ1) is 57.1. The number of β-amino-alcohol motifs (C(OH)–C–C–N with tert-alkyl or cyclic N) is 1. The summed E-state index contributed by atoms with van der Waals surface area (Å²) in [5, 5.41) is 38.6. The van der Waals surface area contributed by atoms with Gasteiger partial charge in [-0.3, -0.25) is 28.7 Å². The van der Waals surface area contributed by atoms with Gasteiger partial charge in [0.15, 0.2) is 23.1 Å². The Kier molecular flexibility index (Phi) is 18.5. The minimum atomic E-state index is -0.912. The highest BCUT2D eigenvalue weighted by Gasteiger charge is 2.44. The van der Waals surface area contributed by atoms with Crippen molar-refractivity contribution in [3.8, 4) is 27.6 Å². The molecule has 2 aromatic carbocycles. The molecule has 2 aliphatic rings. The van der Waals surface area contributed by atoms with Crippen molar-refractivity contribution in [3.63, 3.8) is 0 Å². The van der Waals surface area contributed by atoms with E-state index in [1.165, 1.54) is 11.9 Å². The van der Waals surface area contributed by atoms with Crippen LogP contribution in [0.5, 0.6) is 5.75 Å². The Hall–Kier alpha value is -8.05. The number of benzene rings is 2. The second-order valence-electron chi connectivity index (χ2n) is 21.0. The molecule has 6 N–H and O–H groups in total. The molecule has 2 fully saturated rings. The van der Waals surface area contributed by atoms with E-state index in [9.17, 15) is 29.1 Å². The van der Waals surface area contributed by atoms with Crippen LogP contribution in [0.4, 0.5) is 28.7 Å². The van der Waals surface area contributed by atoms with Crippen molar-refractivity contribution in [1.29, 1.82) is 0 Å². The number of carbonyl (C=O) groups is 5. The monoisotopic (exact) mass is 1100 g/mol. The molecule has 0 saturated carbocycles. The lowest BCUT2D eigenvalue weighted by Crippen LogP contribution is -2.57. The van der Waals surface area contributed by atoms with E-state index in [2.05, 4.69) is 61.7 Å². The number of thiazole rings is 1. The number of nitrogens with one attached hydrogen (secondary N) is 5. The average Bonchev–Trinajstić information content (AvgIpc) is 4.28. The van der Waals surface area contributed by atoms with Gasteiger partial charge in [-0.2, -0.15) is 5.10 Å². The van der Waals surface area contributed by atoms with Crippen LogP contribution in [-0.4, -0.2) is 144 Å². The molecular formula is C56H71N15O7S. The normalized spacial score (nSPS) is 16.2. The number of aliphatic hydroxyl groups excluding tert-OH is 1. The molecule has 0 spiro atoms. The van der Waals surface area contributed by atoms with E-state index in [1.807, 2.05) is 99.6 Å². The van der Waals surface area contributed by atoms with Gasteiger partial charge in [-0.05, 0) is 67.5 Å². The Balaban J connectivity index is 0.754. The number of anilines is 5. The number of rotatable bonds is 21. The van der Waals surface area contributed by atoms with Crippen LogP contribution in [0.1, 0.15) is 100 Å². The fourth-order valence-electron chi connectivity index (χ4n) is 9.79. The van der Waals surface area contributed by atoms with E-state index in [0.717, 1.165) is 40.2 Å². The molecule has 6 aromatic rings. The Morgan fingerprint density at radius 3 is 2.25 bits per heavy atom. The van der Waals surface area contributed by atoms with Gasteiger partial charge in [0.05, 0.1) is 64.2 Å². The first-order valence-corrected chi connectivity index (χ1v) is 27.5. The predicted octanol–water partition coefficient (Wildman–Crippen LogP) is 6.31. The molecule has 5 amide bonds. The third-order valence-electron chi connectivity index (χ3n) is 14.2. The van der Waals surface area contributed by atoms with Gasteiger partial charge >= 0.3 is 0 Å². The molecule has 4 aromatic heterocycles. The Bertz CT molecular complexity index is 3100. The zero-order chi connectivity index (χ0) is 56.4. The van der Waals surface area contributed by atoms with Crippen LogP contribution < -0.4 is 36.2 Å². The lowest BCUT2D eigenvalue weighted by atomic mass is 9.85. The van der Waals surface area contributed by atoms with Crippen LogP contribution >= 0.6 is 11.3 Å². The lowest BCUT2D eigenvalue weighted by Gasteiger charge is -2.36. The number of aryl methyl sites for hydroxylation is 2. The van der Waals surface area contributed by atoms with Crippen molar-refractivity contribution >= 4 is 69.6 Å². The largest absolute Gasteiger partial charge is 0.494 e. The standard InChI is InChI=1S/C56H71N15O7S/c1-34(36-18-20-37(21-19-36)50-35(2)60-33-79-50)61-53(75)43-28-39(72)31-71(43)55(77)51(56(3,4)5)64-46(73)16-11-9-10-12-17-47(74)70-26-24-69(25-27-70)38-22-23-44(58-30-38)63-45-29-42(48(66-65-45)54(76)57-6)62-41-15-13-14-40(49(41)78-8)52-59-32-68(7)67-52/h13-15,18-23,29-30,32-34,39,43,51,72H,9-12,16-17,24-28,31H2,1-8H3,(H,57,76)(H,61,75)(H,64,73)(H2,58,62,63,65)/t34-,39+,43-,51?/m0/s1.